The molecule has 1 aliphatic heterocycles. The van der Waals surface area contributed by atoms with Gasteiger partial charge in [-0.1, -0.05) is 6.58 Å². The minimum atomic E-state index is -0.880. The number of aliphatic imine (C=N–C) groups is 1. The number of carbonyl (C=O) groups excluding carboxylic acids is 1. The van der Waals surface area contributed by atoms with Crippen molar-refractivity contribution in [2.75, 3.05) is 13.1 Å². The van der Waals surface area contributed by atoms with E-state index in [0.29, 0.717) is 0 Å². The molecule has 0 aliphatic carbocycles. The lowest BCUT2D eigenvalue weighted by atomic mass is 10.6. The van der Waals surface area contributed by atoms with Gasteiger partial charge in [-0.25, -0.2) is 0 Å². The average molecular weight is 157 g/mol. The molecule has 0 unspecified atom stereocenters. The molecule has 0 saturated carbocycles. The van der Waals surface area contributed by atoms with Gasteiger partial charge in [-0.05, 0) is 0 Å². The van der Waals surface area contributed by atoms with Crippen LogP contribution < -0.4 is 11.1 Å². The van der Waals surface area contributed by atoms with E-state index in [9.17, 15) is 4.79 Å². The zero-order chi connectivity index (χ0) is 8.69. The Labute approximate surface area is 64.6 Å². The van der Waals surface area contributed by atoms with E-state index < -0.39 is 11.7 Å². The predicted octanol–water partition coefficient (Wildman–Crippen LogP) is -0.839. The minimum absolute atomic E-state index is 0.602. The quantitative estimate of drug-likeness (QED) is 0.342. The van der Waals surface area contributed by atoms with E-state index in [1.165, 1.54) is 0 Å². The number of hydrogen-bond acceptors (Lipinski definition) is 4. The summed E-state index contributed by atoms with van der Waals surface area (Å²) < 4.78 is 0. The molecule has 0 atom stereocenters. The zero-order valence-corrected chi connectivity index (χ0v) is 6.08. The zero-order valence-electron chi connectivity index (χ0n) is 6.08. The maximum Gasteiger partial charge on any atom is 0.282 e. The van der Waals surface area contributed by atoms with E-state index in [1.54, 1.807) is 6.34 Å². The number of nitrogens with zero attached hydrogens (tertiary/aromatic N) is 1. The Hall–Kier alpha value is -1.52. The lowest BCUT2D eigenvalue weighted by molar-refractivity contribution is -0.116. The summed E-state index contributed by atoms with van der Waals surface area (Å²) in [6.45, 7) is 4.82. The average Bonchev–Trinajstić information content (AvgIpc) is 2.41. The number of carbonyl (C=O) groups is 1. The van der Waals surface area contributed by atoms with Crippen LogP contribution in [0.15, 0.2) is 17.3 Å². The number of amides is 1. The first kappa shape index (κ1) is 9.48. The van der Waals surface area contributed by atoms with Gasteiger partial charge in [0, 0.05) is 6.54 Å². The largest absolute Gasteiger partial charge is 0.503 e. The van der Waals surface area contributed by atoms with Crippen LogP contribution >= 0.6 is 0 Å². The molecule has 4 N–H and O–H groups in total. The maximum atomic E-state index is 9.57. The molecule has 5 heteroatoms. The van der Waals surface area contributed by atoms with Gasteiger partial charge < -0.3 is 16.2 Å². The molecule has 1 amide bonds. The van der Waals surface area contributed by atoms with Gasteiger partial charge in [0.05, 0.1) is 12.9 Å². The van der Waals surface area contributed by atoms with Crippen LogP contribution in [0.2, 0.25) is 0 Å². The van der Waals surface area contributed by atoms with Crippen molar-refractivity contribution in [3.8, 4) is 0 Å². The fourth-order valence-corrected chi connectivity index (χ4v) is 0.323. The number of nitrogens with two attached hydrogens (primary N) is 1. The molecule has 62 valence electrons. The van der Waals surface area contributed by atoms with Crippen molar-refractivity contribution in [2.24, 2.45) is 10.7 Å². The highest BCUT2D eigenvalue weighted by atomic mass is 16.3. The van der Waals surface area contributed by atoms with Crippen molar-refractivity contribution in [1.82, 2.24) is 5.32 Å². The summed E-state index contributed by atoms with van der Waals surface area (Å²) in [6, 6.07) is 0. The second kappa shape index (κ2) is 5.28. The molecule has 1 heterocycles. The number of hydrogen-bond donors (Lipinski definition) is 3. The number of aliphatic hydroxyl groups is 1. The van der Waals surface area contributed by atoms with Crippen LogP contribution in [0.4, 0.5) is 0 Å². The molecule has 11 heavy (non-hydrogen) atoms. The third-order valence-electron chi connectivity index (χ3n) is 0.852. The summed E-state index contributed by atoms with van der Waals surface area (Å²) >= 11 is 0. The SMILES string of the molecule is C1=NCCN1.C=C(O)C(N)=O. The Kier molecular flexibility index (Phi) is 4.55. The van der Waals surface area contributed by atoms with E-state index >= 15 is 0 Å². The van der Waals surface area contributed by atoms with Gasteiger partial charge in [0.1, 0.15) is 0 Å². The second-order valence-corrected chi connectivity index (χ2v) is 1.80. The van der Waals surface area contributed by atoms with Gasteiger partial charge in [0.2, 0.25) is 0 Å². The van der Waals surface area contributed by atoms with Gasteiger partial charge >= 0.3 is 0 Å². The topological polar surface area (TPSA) is 87.7 Å². The van der Waals surface area contributed by atoms with Gasteiger partial charge in [0.15, 0.2) is 5.76 Å². The van der Waals surface area contributed by atoms with Crippen molar-refractivity contribution >= 4 is 12.2 Å². The molecule has 1 rings (SSSR count). The number of primary amides is 1. The van der Waals surface area contributed by atoms with Gasteiger partial charge in [0.25, 0.3) is 5.91 Å². The lowest BCUT2D eigenvalue weighted by Gasteiger charge is -1.81. The monoisotopic (exact) mass is 157 g/mol. The summed E-state index contributed by atoms with van der Waals surface area (Å²) in [5.41, 5.74) is 4.45. The van der Waals surface area contributed by atoms with Gasteiger partial charge in [-0.3, -0.25) is 9.79 Å². The van der Waals surface area contributed by atoms with Crippen LogP contribution in [0.25, 0.3) is 0 Å². The van der Waals surface area contributed by atoms with Gasteiger partial charge in [-0.15, -0.1) is 0 Å². The molecule has 0 aromatic carbocycles. The Bertz CT molecular complexity index is 159. The maximum absolute atomic E-state index is 9.57. The second-order valence-electron chi connectivity index (χ2n) is 1.80. The Morgan fingerprint density at radius 1 is 1.82 bits per heavy atom. The van der Waals surface area contributed by atoms with Crippen LogP contribution in [-0.2, 0) is 4.79 Å². The Morgan fingerprint density at radius 2 is 2.36 bits per heavy atom. The number of aliphatic hydroxyl groups excluding tert-OH is 1. The summed E-state index contributed by atoms with van der Waals surface area (Å²) in [7, 11) is 0. The Morgan fingerprint density at radius 3 is 2.45 bits per heavy atom. The molecule has 0 aromatic heterocycles. The first-order chi connectivity index (χ1) is 5.14. The molecule has 5 nitrogen and oxygen atoms in total. The fourth-order valence-electron chi connectivity index (χ4n) is 0.323. The van der Waals surface area contributed by atoms with Crippen LogP contribution in [0.3, 0.4) is 0 Å². The fraction of sp³-hybridized carbons (Fsp3) is 0.333. The molecule has 0 fully saturated rings. The normalized spacial score (nSPS) is 12.7. The smallest absolute Gasteiger partial charge is 0.282 e. The summed E-state index contributed by atoms with van der Waals surface area (Å²) in [6.07, 6.45) is 1.74. The predicted molar refractivity (Wildman–Crippen MR) is 42.3 cm³/mol. The van der Waals surface area contributed by atoms with Crippen molar-refractivity contribution < 1.29 is 9.90 Å². The molecule has 0 aromatic rings. The summed E-state index contributed by atoms with van der Waals surface area (Å²) in [5.74, 6) is -1.48. The van der Waals surface area contributed by atoms with E-state index in [1.807, 2.05) is 0 Å². The highest BCUT2D eigenvalue weighted by Gasteiger charge is 1.90. The molecular weight excluding hydrogens is 146 g/mol. The molecule has 0 radical (unpaired) electrons. The molecule has 0 bridgehead atoms. The summed E-state index contributed by atoms with van der Waals surface area (Å²) in [4.78, 5) is 13.4. The van der Waals surface area contributed by atoms with E-state index in [2.05, 4.69) is 22.6 Å². The van der Waals surface area contributed by atoms with Crippen molar-refractivity contribution in [1.29, 1.82) is 0 Å². The minimum Gasteiger partial charge on any atom is -0.503 e. The first-order valence-electron chi connectivity index (χ1n) is 3.04. The standard InChI is InChI=1S/C3H6N2.C3H5NO2/c1-2-5-3-4-1;1-2(5)3(4)6/h3H,1-2H2,(H,4,5);5H,1H2,(H2,4,6). The third-order valence-corrected chi connectivity index (χ3v) is 0.852. The van der Waals surface area contributed by atoms with Crippen LogP contribution in [0.1, 0.15) is 0 Å². The van der Waals surface area contributed by atoms with E-state index in [-0.39, 0.29) is 0 Å². The lowest BCUT2D eigenvalue weighted by Crippen LogP contribution is -2.11. The van der Waals surface area contributed by atoms with Crippen LogP contribution in [0, 0.1) is 0 Å². The van der Waals surface area contributed by atoms with Crippen LogP contribution in [-0.4, -0.2) is 30.4 Å². The molecular formula is C6H11N3O2. The molecule has 1 aliphatic rings. The van der Waals surface area contributed by atoms with Crippen LogP contribution in [0.5, 0.6) is 0 Å². The van der Waals surface area contributed by atoms with Crippen molar-refractivity contribution in [3.05, 3.63) is 12.3 Å². The highest BCUT2D eigenvalue weighted by Crippen LogP contribution is 1.72. The molecule has 0 saturated heterocycles. The van der Waals surface area contributed by atoms with Crippen molar-refractivity contribution in [2.45, 2.75) is 0 Å². The molecule has 0 spiro atoms. The summed E-state index contributed by atoms with van der Waals surface area (Å²) in [5, 5.41) is 10.9. The first-order valence-corrected chi connectivity index (χ1v) is 3.04. The number of nitrogens with one attached hydrogen (secondary N) is 1. The van der Waals surface area contributed by atoms with E-state index in [4.69, 9.17) is 5.11 Å². The Balaban J connectivity index is 0.000000183. The third kappa shape index (κ3) is 6.36. The van der Waals surface area contributed by atoms with Gasteiger partial charge in [-0.2, -0.15) is 0 Å². The van der Waals surface area contributed by atoms with Crippen molar-refractivity contribution in [3.63, 3.8) is 0 Å². The highest BCUT2D eigenvalue weighted by molar-refractivity contribution is 5.88. The number of rotatable bonds is 1. The van der Waals surface area contributed by atoms with E-state index in [0.717, 1.165) is 13.1 Å².